The van der Waals surface area contributed by atoms with Crippen molar-refractivity contribution in [3.05, 3.63) is 94.6 Å². The van der Waals surface area contributed by atoms with Gasteiger partial charge in [-0.2, -0.15) is 0 Å². The summed E-state index contributed by atoms with van der Waals surface area (Å²) in [5.41, 5.74) is 10.1. The van der Waals surface area contributed by atoms with Crippen LogP contribution in [0.25, 0.3) is 32.7 Å². The fourth-order valence-corrected chi connectivity index (χ4v) is 8.07. The molecule has 1 heteroatoms. The van der Waals surface area contributed by atoms with Crippen molar-refractivity contribution in [3.8, 4) is 22.6 Å². The van der Waals surface area contributed by atoms with E-state index in [1.165, 1.54) is 75.0 Å². The van der Waals surface area contributed by atoms with Gasteiger partial charge < -0.3 is 4.74 Å². The number of hydrogen-bond acceptors (Lipinski definition) is 1. The number of fused-ring (bicyclic) bond motifs is 4. The summed E-state index contributed by atoms with van der Waals surface area (Å²) in [4.78, 5) is 0. The quantitative estimate of drug-likeness (QED) is 0.226. The van der Waals surface area contributed by atoms with E-state index in [0.717, 1.165) is 17.9 Å². The fraction of sp³-hybridized carbons (Fsp3) is 0.351. The van der Waals surface area contributed by atoms with Gasteiger partial charge in [0.25, 0.3) is 0 Å². The van der Waals surface area contributed by atoms with Crippen LogP contribution in [-0.2, 0) is 5.41 Å². The van der Waals surface area contributed by atoms with Gasteiger partial charge >= 0.3 is 0 Å². The van der Waals surface area contributed by atoms with Gasteiger partial charge in [0, 0.05) is 21.9 Å². The zero-order valence-corrected chi connectivity index (χ0v) is 23.4. The molecule has 38 heavy (non-hydrogen) atoms. The van der Waals surface area contributed by atoms with E-state index >= 15 is 0 Å². The van der Waals surface area contributed by atoms with Gasteiger partial charge in [0.15, 0.2) is 0 Å². The van der Waals surface area contributed by atoms with Crippen LogP contribution in [-0.4, -0.2) is 0 Å². The second-order valence-electron chi connectivity index (χ2n) is 11.8. The van der Waals surface area contributed by atoms with Gasteiger partial charge in [-0.25, -0.2) is 0 Å². The Morgan fingerprint density at radius 3 is 2.26 bits per heavy atom. The largest absolute Gasteiger partial charge is 0.456 e. The Hall–Kier alpha value is -3.32. The first-order valence-corrected chi connectivity index (χ1v) is 14.8. The molecular weight excluding hydrogens is 460 g/mol. The lowest BCUT2D eigenvalue weighted by molar-refractivity contribution is 0.484. The summed E-state index contributed by atoms with van der Waals surface area (Å²) in [6.07, 6.45) is 11.1. The van der Waals surface area contributed by atoms with Gasteiger partial charge in [0.2, 0.25) is 0 Å². The van der Waals surface area contributed by atoms with Gasteiger partial charge in [0.05, 0.1) is 0 Å². The molecule has 192 valence electrons. The molecule has 1 heterocycles. The van der Waals surface area contributed by atoms with Crippen molar-refractivity contribution < 1.29 is 4.74 Å². The maximum absolute atomic E-state index is 6.74. The van der Waals surface area contributed by atoms with Crippen molar-refractivity contribution in [2.75, 3.05) is 0 Å². The number of benzene rings is 4. The predicted molar refractivity (Wildman–Crippen MR) is 161 cm³/mol. The van der Waals surface area contributed by atoms with Crippen LogP contribution in [0.15, 0.2) is 77.9 Å². The monoisotopic (exact) mass is 498 g/mol. The van der Waals surface area contributed by atoms with Crippen molar-refractivity contribution in [2.24, 2.45) is 11.8 Å². The second kappa shape index (κ2) is 8.60. The standard InChI is InChI=1S/C37H38O/c1-6-23(7-2)27-18-28(24(8-3)9-4)21-37(20-27)29-17-16-25-13-11-15-30-33(25)34(29)35-31(38-30)19-26-14-10-12-22(5)32(26)36(35)37/h10-20,23-24H,6-9,21H2,1-5H3. The van der Waals surface area contributed by atoms with Crippen molar-refractivity contribution in [2.45, 2.75) is 72.1 Å². The second-order valence-corrected chi connectivity index (χ2v) is 11.8. The first-order chi connectivity index (χ1) is 18.5. The zero-order valence-electron chi connectivity index (χ0n) is 23.4. The molecule has 2 aliphatic carbocycles. The van der Waals surface area contributed by atoms with Crippen LogP contribution in [0.2, 0.25) is 0 Å². The Labute approximate surface area is 227 Å². The van der Waals surface area contributed by atoms with E-state index in [1.54, 1.807) is 11.1 Å². The summed E-state index contributed by atoms with van der Waals surface area (Å²) in [5.74, 6) is 3.22. The van der Waals surface area contributed by atoms with E-state index in [9.17, 15) is 0 Å². The van der Waals surface area contributed by atoms with E-state index in [2.05, 4.69) is 101 Å². The minimum absolute atomic E-state index is 0.176. The molecule has 0 fully saturated rings. The summed E-state index contributed by atoms with van der Waals surface area (Å²) in [7, 11) is 0. The highest BCUT2D eigenvalue weighted by Crippen LogP contribution is 2.64. The van der Waals surface area contributed by atoms with Crippen LogP contribution in [0.4, 0.5) is 0 Å². The molecule has 0 N–H and O–H groups in total. The maximum atomic E-state index is 6.74. The van der Waals surface area contributed by atoms with Gasteiger partial charge in [0.1, 0.15) is 11.5 Å². The summed E-state index contributed by atoms with van der Waals surface area (Å²) in [5, 5.41) is 5.28. The van der Waals surface area contributed by atoms with Crippen molar-refractivity contribution in [3.63, 3.8) is 0 Å². The summed E-state index contributed by atoms with van der Waals surface area (Å²) < 4.78 is 6.74. The highest BCUT2D eigenvalue weighted by atomic mass is 16.5. The van der Waals surface area contributed by atoms with Crippen LogP contribution >= 0.6 is 0 Å². The van der Waals surface area contributed by atoms with Gasteiger partial charge in [-0.1, -0.05) is 87.9 Å². The van der Waals surface area contributed by atoms with E-state index in [1.807, 2.05) is 0 Å². The normalized spacial score (nSPS) is 19.0. The summed E-state index contributed by atoms with van der Waals surface area (Å²) in [6, 6.07) is 20.4. The number of aryl methyl sites for hydroxylation is 1. The average molecular weight is 499 g/mol. The van der Waals surface area contributed by atoms with Crippen LogP contribution in [0.1, 0.15) is 76.5 Å². The van der Waals surface area contributed by atoms with Gasteiger partial charge in [-0.05, 0) is 101 Å². The topological polar surface area (TPSA) is 9.23 Å². The minimum Gasteiger partial charge on any atom is -0.456 e. The molecule has 0 bridgehead atoms. The van der Waals surface area contributed by atoms with E-state index in [-0.39, 0.29) is 5.41 Å². The third-order valence-electron chi connectivity index (χ3n) is 9.96. The van der Waals surface area contributed by atoms with E-state index in [4.69, 9.17) is 4.74 Å². The van der Waals surface area contributed by atoms with Crippen molar-refractivity contribution in [1.82, 2.24) is 0 Å². The molecule has 4 aromatic carbocycles. The highest BCUT2D eigenvalue weighted by Gasteiger charge is 2.49. The van der Waals surface area contributed by atoms with Crippen LogP contribution in [0, 0.1) is 18.8 Å². The Morgan fingerprint density at radius 1 is 0.763 bits per heavy atom. The van der Waals surface area contributed by atoms with E-state index < -0.39 is 0 Å². The molecule has 0 saturated carbocycles. The summed E-state index contributed by atoms with van der Waals surface area (Å²) >= 11 is 0. The highest BCUT2D eigenvalue weighted by molar-refractivity contribution is 6.13. The molecule has 0 saturated heterocycles. The maximum Gasteiger partial charge on any atom is 0.136 e. The van der Waals surface area contributed by atoms with E-state index in [0.29, 0.717) is 11.8 Å². The van der Waals surface area contributed by atoms with Crippen molar-refractivity contribution in [1.29, 1.82) is 0 Å². The van der Waals surface area contributed by atoms with Crippen molar-refractivity contribution >= 4 is 21.5 Å². The third-order valence-corrected chi connectivity index (χ3v) is 9.96. The minimum atomic E-state index is -0.176. The Bertz CT molecular complexity index is 1670. The molecule has 7 rings (SSSR count). The molecule has 1 nitrogen and oxygen atoms in total. The lowest BCUT2D eigenvalue weighted by atomic mass is 9.64. The Kier molecular flexibility index (Phi) is 5.38. The number of hydrogen-bond donors (Lipinski definition) is 0. The Morgan fingerprint density at radius 2 is 1.50 bits per heavy atom. The van der Waals surface area contributed by atoms with Gasteiger partial charge in [-0.3, -0.25) is 0 Å². The molecule has 0 aromatic heterocycles. The predicted octanol–water partition coefficient (Wildman–Crippen LogP) is 10.8. The fourth-order valence-electron chi connectivity index (χ4n) is 8.07. The molecule has 1 unspecified atom stereocenters. The lowest BCUT2D eigenvalue weighted by Crippen LogP contribution is -2.29. The smallest absolute Gasteiger partial charge is 0.136 e. The molecule has 1 atom stereocenters. The molecular formula is C37H38O. The molecule has 0 radical (unpaired) electrons. The number of allylic oxidation sites excluding steroid dienone is 4. The van der Waals surface area contributed by atoms with Crippen LogP contribution < -0.4 is 4.74 Å². The zero-order chi connectivity index (χ0) is 26.2. The number of ether oxygens (including phenoxy) is 1. The third kappa shape index (κ3) is 3.05. The molecule has 4 aromatic rings. The SMILES string of the molecule is CCC(CC)C1=CC2(CC(C(CC)CC)=C1)c1ccc3cccc4c3c1-c1c(cc3cccc(C)c3c12)O4. The van der Waals surface area contributed by atoms with Crippen LogP contribution in [0.5, 0.6) is 11.5 Å². The Balaban J connectivity index is 1.66. The molecule has 0 amide bonds. The molecule has 3 aliphatic rings. The first-order valence-electron chi connectivity index (χ1n) is 14.8. The lowest BCUT2D eigenvalue weighted by Gasteiger charge is -2.38. The molecule has 1 aliphatic heterocycles. The molecule has 1 spiro atoms. The number of rotatable bonds is 6. The summed E-state index contributed by atoms with van der Waals surface area (Å²) in [6.45, 7) is 11.7. The van der Waals surface area contributed by atoms with Gasteiger partial charge in [-0.15, -0.1) is 0 Å². The van der Waals surface area contributed by atoms with Crippen LogP contribution in [0.3, 0.4) is 0 Å². The average Bonchev–Trinajstić information content (AvgIpc) is 3.20. The first kappa shape index (κ1) is 23.8.